The molecule has 0 radical (unpaired) electrons. The maximum Gasteiger partial charge on any atom is 0.230 e. The number of fused-ring (bicyclic) bond motifs is 1. The van der Waals surface area contributed by atoms with E-state index in [4.69, 9.17) is 27.9 Å². The minimum absolute atomic E-state index is 0.238. The highest BCUT2D eigenvalue weighted by molar-refractivity contribution is 6.35. The summed E-state index contributed by atoms with van der Waals surface area (Å²) in [5, 5.41) is 1.55. The number of rotatable bonds is 3. The van der Waals surface area contributed by atoms with Gasteiger partial charge < -0.3 is 4.74 Å². The molecule has 0 atom stereocenters. The molecule has 4 aromatic rings. The molecule has 3 nitrogen and oxygen atoms in total. The number of ether oxygens (including phenoxy) is 1. The smallest absolute Gasteiger partial charge is 0.230 e. The van der Waals surface area contributed by atoms with Crippen LogP contribution in [0.1, 0.15) is 0 Å². The van der Waals surface area contributed by atoms with Crippen molar-refractivity contribution in [1.29, 1.82) is 0 Å². The van der Waals surface area contributed by atoms with E-state index in [2.05, 4.69) is 9.97 Å². The third-order valence-electron chi connectivity index (χ3n) is 3.78. The van der Waals surface area contributed by atoms with Crippen LogP contribution in [-0.4, -0.2) is 9.97 Å². The molecule has 0 unspecified atom stereocenters. The molecule has 6 heteroatoms. The largest absolute Gasteiger partial charge is 0.437 e. The van der Waals surface area contributed by atoms with Crippen molar-refractivity contribution in [3.05, 3.63) is 82.6 Å². The van der Waals surface area contributed by atoms with E-state index in [-0.39, 0.29) is 11.7 Å². The predicted octanol–water partition coefficient (Wildman–Crippen LogP) is 6.54. The van der Waals surface area contributed by atoms with Gasteiger partial charge in [-0.2, -0.15) is 4.98 Å². The summed E-state index contributed by atoms with van der Waals surface area (Å²) in [5.74, 6) is 0.526. The molecule has 4 rings (SSSR count). The number of para-hydroxylation sites is 1. The Morgan fingerprint density at radius 1 is 0.846 bits per heavy atom. The molecular formula is C20H11Cl2FN2O. The molecule has 0 fully saturated rings. The molecule has 0 aliphatic rings. The van der Waals surface area contributed by atoms with Gasteiger partial charge in [0.2, 0.25) is 5.88 Å². The second-order valence-electron chi connectivity index (χ2n) is 5.53. The van der Waals surface area contributed by atoms with E-state index in [9.17, 15) is 4.39 Å². The Morgan fingerprint density at radius 2 is 1.62 bits per heavy atom. The lowest BCUT2D eigenvalue weighted by Gasteiger charge is -2.11. The molecule has 1 heterocycles. The third-order valence-corrected chi connectivity index (χ3v) is 4.31. The summed E-state index contributed by atoms with van der Waals surface area (Å²) in [4.78, 5) is 8.89. The first-order valence-corrected chi connectivity index (χ1v) is 8.52. The van der Waals surface area contributed by atoms with Crippen molar-refractivity contribution in [3.63, 3.8) is 0 Å². The second kappa shape index (κ2) is 6.90. The van der Waals surface area contributed by atoms with Gasteiger partial charge in [0.25, 0.3) is 0 Å². The van der Waals surface area contributed by atoms with Gasteiger partial charge in [0.05, 0.1) is 21.5 Å². The van der Waals surface area contributed by atoms with Crippen LogP contribution >= 0.6 is 23.2 Å². The van der Waals surface area contributed by atoms with Crippen LogP contribution in [0.3, 0.4) is 0 Å². The minimum atomic E-state index is -0.404. The van der Waals surface area contributed by atoms with E-state index < -0.39 is 5.82 Å². The Balaban J connectivity index is 1.89. The van der Waals surface area contributed by atoms with E-state index in [1.807, 2.05) is 24.3 Å². The van der Waals surface area contributed by atoms with Gasteiger partial charge in [-0.15, -0.1) is 0 Å². The SMILES string of the molecule is Fc1ccccc1-c1nc(Oc2ccc(Cl)cc2Cl)c2ccccc2n1. The number of hydrogen-bond acceptors (Lipinski definition) is 3. The minimum Gasteiger partial charge on any atom is -0.437 e. The van der Waals surface area contributed by atoms with Gasteiger partial charge in [0.1, 0.15) is 11.6 Å². The van der Waals surface area contributed by atoms with Crippen LogP contribution in [0.15, 0.2) is 66.7 Å². The summed E-state index contributed by atoms with van der Waals surface area (Å²) in [7, 11) is 0. The maximum atomic E-state index is 14.2. The molecule has 26 heavy (non-hydrogen) atoms. The van der Waals surface area contributed by atoms with Crippen LogP contribution in [0.25, 0.3) is 22.3 Å². The zero-order chi connectivity index (χ0) is 18.1. The summed E-state index contributed by atoms with van der Waals surface area (Å²) in [6.07, 6.45) is 0. The molecule has 128 valence electrons. The normalized spacial score (nSPS) is 10.9. The Morgan fingerprint density at radius 3 is 2.42 bits per heavy atom. The van der Waals surface area contributed by atoms with Gasteiger partial charge in [-0.05, 0) is 42.5 Å². The summed E-state index contributed by atoms with van der Waals surface area (Å²) in [6.45, 7) is 0. The lowest BCUT2D eigenvalue weighted by atomic mass is 10.2. The second-order valence-corrected chi connectivity index (χ2v) is 6.37. The molecule has 1 aromatic heterocycles. The third kappa shape index (κ3) is 3.21. The van der Waals surface area contributed by atoms with E-state index in [0.29, 0.717) is 32.3 Å². The van der Waals surface area contributed by atoms with Crippen LogP contribution in [0.2, 0.25) is 10.0 Å². The van der Waals surface area contributed by atoms with Crippen LogP contribution in [-0.2, 0) is 0 Å². The highest BCUT2D eigenvalue weighted by Gasteiger charge is 2.15. The standard InChI is InChI=1S/C20H11Cl2FN2O/c21-12-9-10-18(15(22)11-12)26-20-14-6-2-4-8-17(14)24-19(25-20)13-5-1-3-7-16(13)23/h1-11H. The van der Waals surface area contributed by atoms with Crippen molar-refractivity contribution >= 4 is 34.1 Å². The highest BCUT2D eigenvalue weighted by atomic mass is 35.5. The Bertz CT molecular complexity index is 1120. The van der Waals surface area contributed by atoms with Crippen molar-refractivity contribution in [1.82, 2.24) is 9.97 Å². The zero-order valence-corrected chi connectivity index (χ0v) is 14.8. The lowest BCUT2D eigenvalue weighted by molar-refractivity contribution is 0.469. The Labute approximate surface area is 159 Å². The van der Waals surface area contributed by atoms with E-state index >= 15 is 0 Å². The molecule has 0 aliphatic carbocycles. The number of aromatic nitrogens is 2. The molecule has 0 bridgehead atoms. The first-order valence-electron chi connectivity index (χ1n) is 7.76. The zero-order valence-electron chi connectivity index (χ0n) is 13.3. The highest BCUT2D eigenvalue weighted by Crippen LogP contribution is 2.35. The van der Waals surface area contributed by atoms with Crippen LogP contribution in [0.4, 0.5) is 4.39 Å². The summed E-state index contributed by atoms with van der Waals surface area (Å²) in [6, 6.07) is 18.6. The molecule has 3 aromatic carbocycles. The van der Waals surface area contributed by atoms with Gasteiger partial charge in [0, 0.05) is 5.02 Å². The van der Waals surface area contributed by atoms with Crippen LogP contribution in [0.5, 0.6) is 11.6 Å². The van der Waals surface area contributed by atoms with Crippen LogP contribution in [0, 0.1) is 5.82 Å². The number of halogens is 3. The Hall–Kier alpha value is -2.69. The van der Waals surface area contributed by atoms with Crippen molar-refractivity contribution in [3.8, 4) is 23.0 Å². The fraction of sp³-hybridized carbons (Fsp3) is 0. The molecule has 0 amide bonds. The summed E-state index contributed by atoms with van der Waals surface area (Å²) < 4.78 is 20.1. The molecular weight excluding hydrogens is 374 g/mol. The maximum absolute atomic E-state index is 14.2. The molecule has 0 saturated heterocycles. The van der Waals surface area contributed by atoms with Crippen molar-refractivity contribution < 1.29 is 9.13 Å². The topological polar surface area (TPSA) is 35.0 Å². The monoisotopic (exact) mass is 384 g/mol. The van der Waals surface area contributed by atoms with Crippen molar-refractivity contribution in [2.75, 3.05) is 0 Å². The van der Waals surface area contributed by atoms with Gasteiger partial charge in [-0.1, -0.05) is 47.5 Å². The summed E-state index contributed by atoms with van der Waals surface area (Å²) in [5.41, 5.74) is 0.936. The number of hydrogen-bond donors (Lipinski definition) is 0. The first-order chi connectivity index (χ1) is 12.6. The van der Waals surface area contributed by atoms with Gasteiger partial charge in [0.15, 0.2) is 5.82 Å². The van der Waals surface area contributed by atoms with Crippen molar-refractivity contribution in [2.24, 2.45) is 0 Å². The van der Waals surface area contributed by atoms with E-state index in [0.717, 1.165) is 0 Å². The van der Waals surface area contributed by atoms with Crippen LogP contribution < -0.4 is 4.74 Å². The lowest BCUT2D eigenvalue weighted by Crippen LogP contribution is -1.97. The van der Waals surface area contributed by atoms with E-state index in [1.54, 1.807) is 36.4 Å². The fourth-order valence-corrected chi connectivity index (χ4v) is 3.00. The molecule has 0 saturated carbocycles. The number of benzene rings is 3. The van der Waals surface area contributed by atoms with E-state index in [1.165, 1.54) is 6.07 Å². The van der Waals surface area contributed by atoms with Gasteiger partial charge in [-0.25, -0.2) is 9.37 Å². The average molecular weight is 385 g/mol. The summed E-state index contributed by atoms with van der Waals surface area (Å²) >= 11 is 12.1. The molecule has 0 spiro atoms. The first kappa shape index (κ1) is 16.8. The predicted molar refractivity (Wildman–Crippen MR) is 101 cm³/mol. The Kier molecular flexibility index (Phi) is 4.45. The molecule has 0 aliphatic heterocycles. The molecule has 0 N–H and O–H groups in total. The van der Waals surface area contributed by atoms with Gasteiger partial charge >= 0.3 is 0 Å². The quantitative estimate of drug-likeness (QED) is 0.402. The van der Waals surface area contributed by atoms with Crippen molar-refractivity contribution in [2.45, 2.75) is 0 Å². The number of nitrogens with zero attached hydrogens (tertiary/aromatic N) is 2. The average Bonchev–Trinajstić information content (AvgIpc) is 2.64. The van der Waals surface area contributed by atoms with Gasteiger partial charge in [-0.3, -0.25) is 0 Å². The fourth-order valence-electron chi connectivity index (χ4n) is 2.55.